The molecule has 0 saturated heterocycles. The second kappa shape index (κ2) is 10.3. The monoisotopic (exact) mass is 511 g/mol. The maximum atomic E-state index is 5.89. The van der Waals surface area contributed by atoms with E-state index in [1.54, 1.807) is 0 Å². The van der Waals surface area contributed by atoms with Crippen molar-refractivity contribution in [3.05, 3.63) is 109 Å². The third kappa shape index (κ3) is 4.92. The van der Waals surface area contributed by atoms with Crippen LogP contribution < -0.4 is 10.2 Å². The molecule has 0 aliphatic heterocycles. The number of aromatic amines is 1. The van der Waals surface area contributed by atoms with E-state index in [-0.39, 0.29) is 0 Å². The van der Waals surface area contributed by atoms with Gasteiger partial charge in [-0.3, -0.25) is 0 Å². The van der Waals surface area contributed by atoms with Gasteiger partial charge < -0.3 is 19.6 Å². The van der Waals surface area contributed by atoms with E-state index in [2.05, 4.69) is 80.8 Å². The van der Waals surface area contributed by atoms with Crippen molar-refractivity contribution in [2.24, 2.45) is 0 Å². The van der Waals surface area contributed by atoms with Gasteiger partial charge in [0.15, 0.2) is 5.58 Å². The van der Waals surface area contributed by atoms with Gasteiger partial charge in [0.2, 0.25) is 5.89 Å². The number of fused-ring (bicyclic) bond motifs is 1. The molecule has 2 heterocycles. The largest absolute Gasteiger partial charge is 0.437 e. The van der Waals surface area contributed by atoms with Gasteiger partial charge in [-0.15, -0.1) is 0 Å². The van der Waals surface area contributed by atoms with E-state index in [0.29, 0.717) is 5.89 Å². The van der Waals surface area contributed by atoms with Crippen LogP contribution in [-0.4, -0.2) is 36.1 Å². The zero-order chi connectivity index (χ0) is 26.8. The Morgan fingerprint density at radius 3 is 2.23 bits per heavy atom. The first-order valence-corrected chi connectivity index (χ1v) is 12.9. The standard InChI is InChI=1S/C33H29N5O/c1-34-25-17-12-23(13-18-25)31-32(24-14-19-26(20-15-24)38(2)3)37-33(36-31)27-9-5-4-8-22(27)16-21-30-35-28-10-6-7-11-29(28)39-30/h4-21,34H,1-3H3,(H,36,37). The Bertz CT molecular complexity index is 1730. The van der Waals surface area contributed by atoms with Crippen molar-refractivity contribution < 1.29 is 4.42 Å². The molecule has 39 heavy (non-hydrogen) atoms. The summed E-state index contributed by atoms with van der Waals surface area (Å²) in [5, 5.41) is 3.19. The first kappa shape index (κ1) is 24.2. The van der Waals surface area contributed by atoms with Gasteiger partial charge in [0.25, 0.3) is 0 Å². The van der Waals surface area contributed by atoms with Crippen molar-refractivity contribution in [1.29, 1.82) is 0 Å². The second-order valence-corrected chi connectivity index (χ2v) is 9.52. The van der Waals surface area contributed by atoms with E-state index < -0.39 is 0 Å². The summed E-state index contributed by atoms with van der Waals surface area (Å²) in [5.74, 6) is 1.37. The van der Waals surface area contributed by atoms with Crippen LogP contribution in [0.3, 0.4) is 0 Å². The topological polar surface area (TPSA) is 70.0 Å². The maximum absolute atomic E-state index is 5.89. The number of oxazole rings is 1. The summed E-state index contributed by atoms with van der Waals surface area (Å²) in [4.78, 5) is 15.4. The normalized spacial score (nSPS) is 11.4. The summed E-state index contributed by atoms with van der Waals surface area (Å²) < 4.78 is 5.89. The molecule has 192 valence electrons. The van der Waals surface area contributed by atoms with Gasteiger partial charge >= 0.3 is 0 Å². The molecule has 0 fully saturated rings. The Hall–Kier alpha value is -5.10. The summed E-state index contributed by atoms with van der Waals surface area (Å²) >= 11 is 0. The second-order valence-electron chi connectivity index (χ2n) is 9.52. The quantitative estimate of drug-likeness (QED) is 0.229. The Morgan fingerprint density at radius 1 is 0.769 bits per heavy atom. The van der Waals surface area contributed by atoms with Crippen molar-refractivity contribution in [1.82, 2.24) is 15.0 Å². The summed E-state index contributed by atoms with van der Waals surface area (Å²) in [5.41, 5.74) is 9.83. The summed E-state index contributed by atoms with van der Waals surface area (Å²) in [6, 6.07) is 32.8. The fourth-order valence-corrected chi connectivity index (χ4v) is 4.62. The van der Waals surface area contributed by atoms with Crippen molar-refractivity contribution in [2.75, 3.05) is 31.4 Å². The lowest BCUT2D eigenvalue weighted by molar-refractivity contribution is 0.590. The van der Waals surface area contributed by atoms with Crippen LogP contribution in [0.4, 0.5) is 11.4 Å². The molecule has 6 heteroatoms. The zero-order valence-electron chi connectivity index (χ0n) is 22.1. The van der Waals surface area contributed by atoms with Crippen LogP contribution in [0.15, 0.2) is 101 Å². The lowest BCUT2D eigenvalue weighted by Gasteiger charge is -2.12. The average molecular weight is 512 g/mol. The van der Waals surface area contributed by atoms with Gasteiger partial charge in [0.1, 0.15) is 11.3 Å². The highest BCUT2D eigenvalue weighted by molar-refractivity contribution is 5.85. The van der Waals surface area contributed by atoms with Gasteiger partial charge in [0.05, 0.1) is 11.4 Å². The molecule has 6 rings (SSSR count). The molecule has 0 bridgehead atoms. The number of hydrogen-bond donors (Lipinski definition) is 2. The summed E-state index contributed by atoms with van der Waals surface area (Å²) in [6.45, 7) is 0. The lowest BCUT2D eigenvalue weighted by atomic mass is 10.0. The fourth-order valence-electron chi connectivity index (χ4n) is 4.62. The molecule has 0 radical (unpaired) electrons. The number of nitrogens with zero attached hydrogens (tertiary/aromatic N) is 3. The predicted octanol–water partition coefficient (Wildman–Crippen LogP) is 7.83. The first-order valence-electron chi connectivity index (χ1n) is 12.9. The molecule has 0 amide bonds. The van der Waals surface area contributed by atoms with Crippen molar-refractivity contribution in [3.63, 3.8) is 0 Å². The van der Waals surface area contributed by atoms with Crippen LogP contribution in [0.5, 0.6) is 0 Å². The summed E-state index contributed by atoms with van der Waals surface area (Å²) in [7, 11) is 6.01. The first-order chi connectivity index (χ1) is 19.1. The molecule has 0 aliphatic rings. The third-order valence-corrected chi connectivity index (χ3v) is 6.76. The fraction of sp³-hybridized carbons (Fsp3) is 0.0909. The van der Waals surface area contributed by atoms with E-state index >= 15 is 0 Å². The smallest absolute Gasteiger partial charge is 0.220 e. The zero-order valence-corrected chi connectivity index (χ0v) is 22.1. The van der Waals surface area contributed by atoms with Gasteiger partial charge in [-0.25, -0.2) is 9.97 Å². The highest BCUT2D eigenvalue weighted by Crippen LogP contribution is 2.35. The number of hydrogen-bond acceptors (Lipinski definition) is 5. The van der Waals surface area contributed by atoms with Crippen molar-refractivity contribution in [2.45, 2.75) is 0 Å². The SMILES string of the molecule is CNc1ccc(-c2[nH]c(-c3ccccc3C=Cc3nc4ccccc4o3)nc2-c2ccc(N(C)C)cc2)cc1. The minimum atomic E-state index is 0.567. The van der Waals surface area contributed by atoms with Crippen molar-refractivity contribution in [3.8, 4) is 33.9 Å². The number of rotatable bonds is 7. The average Bonchev–Trinajstić information content (AvgIpc) is 3.61. The van der Waals surface area contributed by atoms with Crippen LogP contribution in [0.2, 0.25) is 0 Å². The number of aromatic nitrogens is 3. The van der Waals surface area contributed by atoms with Crippen LogP contribution in [-0.2, 0) is 0 Å². The lowest BCUT2D eigenvalue weighted by Crippen LogP contribution is -2.07. The number of anilines is 2. The summed E-state index contributed by atoms with van der Waals surface area (Å²) in [6.07, 6.45) is 3.93. The van der Waals surface area contributed by atoms with E-state index in [0.717, 1.165) is 61.9 Å². The minimum absolute atomic E-state index is 0.567. The van der Waals surface area contributed by atoms with E-state index in [9.17, 15) is 0 Å². The number of H-pyrrole nitrogens is 1. The van der Waals surface area contributed by atoms with Gasteiger partial charge in [-0.1, -0.05) is 60.7 Å². The predicted molar refractivity (Wildman–Crippen MR) is 162 cm³/mol. The molecular weight excluding hydrogens is 482 g/mol. The Balaban J connectivity index is 1.43. The van der Waals surface area contributed by atoms with Crippen LogP contribution in [0, 0.1) is 0 Å². The molecule has 2 N–H and O–H groups in total. The third-order valence-electron chi connectivity index (χ3n) is 6.76. The molecule has 0 spiro atoms. The van der Waals surface area contributed by atoms with E-state index in [1.165, 1.54) is 0 Å². The highest BCUT2D eigenvalue weighted by atomic mass is 16.3. The number of para-hydroxylation sites is 2. The highest BCUT2D eigenvalue weighted by Gasteiger charge is 2.17. The van der Waals surface area contributed by atoms with Crippen LogP contribution >= 0.6 is 0 Å². The minimum Gasteiger partial charge on any atom is -0.437 e. The Kier molecular flexibility index (Phi) is 6.43. The molecule has 6 aromatic rings. The van der Waals surface area contributed by atoms with Crippen LogP contribution in [0.25, 0.3) is 57.2 Å². The Labute approximate surface area is 227 Å². The molecule has 0 saturated carbocycles. The number of imidazole rings is 1. The maximum Gasteiger partial charge on any atom is 0.220 e. The van der Waals surface area contributed by atoms with E-state index in [4.69, 9.17) is 9.40 Å². The van der Waals surface area contributed by atoms with Crippen LogP contribution in [0.1, 0.15) is 11.5 Å². The Morgan fingerprint density at radius 2 is 1.49 bits per heavy atom. The molecule has 0 unspecified atom stereocenters. The molecular formula is C33H29N5O. The van der Waals surface area contributed by atoms with Gasteiger partial charge in [0, 0.05) is 55.3 Å². The molecule has 0 atom stereocenters. The van der Waals surface area contributed by atoms with Gasteiger partial charge in [-0.05, 0) is 48.0 Å². The molecule has 2 aromatic heterocycles. The van der Waals surface area contributed by atoms with Crippen molar-refractivity contribution >= 4 is 34.6 Å². The van der Waals surface area contributed by atoms with E-state index in [1.807, 2.05) is 69.7 Å². The number of nitrogens with one attached hydrogen (secondary N) is 2. The molecule has 4 aromatic carbocycles. The molecule has 6 nitrogen and oxygen atoms in total. The molecule has 0 aliphatic carbocycles. The number of benzene rings is 4. The van der Waals surface area contributed by atoms with Gasteiger partial charge in [-0.2, -0.15) is 0 Å².